The monoisotopic (exact) mass is 202 g/mol. The molecule has 4 N–H and O–H groups in total. The van der Waals surface area contributed by atoms with E-state index in [4.69, 9.17) is 5.11 Å². The van der Waals surface area contributed by atoms with Gasteiger partial charge in [-0.15, -0.1) is 0 Å². The lowest BCUT2D eigenvalue weighted by Gasteiger charge is -2.37. The molecule has 0 aromatic carbocycles. The Morgan fingerprint density at radius 1 is 1.29 bits per heavy atom. The molecular formula is C10H18O4. The van der Waals surface area contributed by atoms with Gasteiger partial charge in [0, 0.05) is 5.92 Å². The van der Waals surface area contributed by atoms with Crippen molar-refractivity contribution in [3.05, 3.63) is 11.6 Å². The summed E-state index contributed by atoms with van der Waals surface area (Å²) in [4.78, 5) is 0. The molecule has 0 aromatic rings. The first-order chi connectivity index (χ1) is 6.49. The smallest absolute Gasteiger partial charge is 0.104 e. The van der Waals surface area contributed by atoms with Gasteiger partial charge < -0.3 is 20.4 Å². The van der Waals surface area contributed by atoms with Crippen molar-refractivity contribution in [3.8, 4) is 0 Å². The Kier molecular flexibility index (Phi) is 3.66. The standard InChI is InChI=1S/C10H18O4/c1-5(2)8-7(12)3-6(4-11)9(13)10(8)14/h3,5,7-14H,4H2,1-2H3/t7-,8-,9+,10+/m0/s1. The average molecular weight is 202 g/mol. The van der Waals surface area contributed by atoms with Crippen molar-refractivity contribution >= 4 is 0 Å². The molecule has 0 amide bonds. The highest BCUT2D eigenvalue weighted by molar-refractivity contribution is 5.19. The Bertz CT molecular complexity index is 224. The van der Waals surface area contributed by atoms with Gasteiger partial charge in [-0.3, -0.25) is 0 Å². The predicted octanol–water partition coefficient (Wildman–Crippen LogP) is -0.726. The third-order valence-electron chi connectivity index (χ3n) is 2.83. The highest BCUT2D eigenvalue weighted by Crippen LogP contribution is 2.30. The fourth-order valence-electron chi connectivity index (χ4n) is 2.00. The number of hydrogen-bond acceptors (Lipinski definition) is 4. The lowest BCUT2D eigenvalue weighted by Crippen LogP contribution is -2.47. The maximum Gasteiger partial charge on any atom is 0.104 e. The van der Waals surface area contributed by atoms with E-state index in [1.807, 2.05) is 13.8 Å². The molecule has 0 aromatic heterocycles. The molecule has 14 heavy (non-hydrogen) atoms. The highest BCUT2D eigenvalue weighted by Gasteiger charge is 2.38. The maximum atomic E-state index is 9.72. The molecular weight excluding hydrogens is 184 g/mol. The van der Waals surface area contributed by atoms with Crippen LogP contribution in [0, 0.1) is 11.8 Å². The van der Waals surface area contributed by atoms with Gasteiger partial charge >= 0.3 is 0 Å². The van der Waals surface area contributed by atoms with E-state index < -0.39 is 18.3 Å². The fraction of sp³-hybridized carbons (Fsp3) is 0.800. The molecule has 4 nitrogen and oxygen atoms in total. The van der Waals surface area contributed by atoms with Gasteiger partial charge in [0.2, 0.25) is 0 Å². The Balaban J connectivity index is 2.90. The number of aliphatic hydroxyl groups excluding tert-OH is 4. The van der Waals surface area contributed by atoms with Crippen LogP contribution in [0.5, 0.6) is 0 Å². The lowest BCUT2D eigenvalue weighted by atomic mass is 9.77. The van der Waals surface area contributed by atoms with Crippen LogP contribution < -0.4 is 0 Å². The van der Waals surface area contributed by atoms with Crippen molar-refractivity contribution < 1.29 is 20.4 Å². The zero-order valence-electron chi connectivity index (χ0n) is 8.46. The average Bonchev–Trinajstić information content (AvgIpc) is 2.10. The van der Waals surface area contributed by atoms with Crippen LogP contribution >= 0.6 is 0 Å². The molecule has 0 saturated carbocycles. The van der Waals surface area contributed by atoms with Gasteiger partial charge in [-0.05, 0) is 11.5 Å². The van der Waals surface area contributed by atoms with Gasteiger partial charge in [-0.1, -0.05) is 19.9 Å². The Morgan fingerprint density at radius 3 is 2.29 bits per heavy atom. The van der Waals surface area contributed by atoms with E-state index in [-0.39, 0.29) is 18.4 Å². The van der Waals surface area contributed by atoms with Crippen LogP contribution in [0.25, 0.3) is 0 Å². The van der Waals surface area contributed by atoms with E-state index in [2.05, 4.69) is 0 Å². The van der Waals surface area contributed by atoms with E-state index in [1.54, 1.807) is 0 Å². The Morgan fingerprint density at radius 2 is 1.86 bits per heavy atom. The van der Waals surface area contributed by atoms with Crippen LogP contribution in [0.4, 0.5) is 0 Å². The van der Waals surface area contributed by atoms with Crippen LogP contribution in [0.2, 0.25) is 0 Å². The van der Waals surface area contributed by atoms with Crippen molar-refractivity contribution in [2.45, 2.75) is 32.2 Å². The van der Waals surface area contributed by atoms with E-state index in [0.717, 1.165) is 0 Å². The summed E-state index contributed by atoms with van der Waals surface area (Å²) in [5.41, 5.74) is 0.293. The Labute approximate surface area is 83.5 Å². The summed E-state index contributed by atoms with van der Waals surface area (Å²) >= 11 is 0. The summed E-state index contributed by atoms with van der Waals surface area (Å²) in [5.74, 6) is -0.300. The molecule has 4 atom stereocenters. The van der Waals surface area contributed by atoms with E-state index in [0.29, 0.717) is 5.57 Å². The third kappa shape index (κ3) is 1.98. The summed E-state index contributed by atoms with van der Waals surface area (Å²) in [6.07, 6.45) is -1.43. The molecule has 1 aliphatic carbocycles. The normalized spacial score (nSPS) is 38.6. The van der Waals surface area contributed by atoms with Crippen LogP contribution in [-0.2, 0) is 0 Å². The van der Waals surface area contributed by atoms with Gasteiger partial charge in [0.1, 0.15) is 6.10 Å². The summed E-state index contributed by atoms with van der Waals surface area (Å²) in [6.45, 7) is 3.42. The van der Waals surface area contributed by atoms with Gasteiger partial charge in [0.15, 0.2) is 0 Å². The molecule has 0 unspecified atom stereocenters. The molecule has 0 fully saturated rings. The number of hydrogen-bond donors (Lipinski definition) is 4. The van der Waals surface area contributed by atoms with Crippen molar-refractivity contribution in [2.75, 3.05) is 6.61 Å². The van der Waals surface area contributed by atoms with Crippen LogP contribution in [0.3, 0.4) is 0 Å². The van der Waals surface area contributed by atoms with Crippen LogP contribution in [-0.4, -0.2) is 45.3 Å². The lowest BCUT2D eigenvalue weighted by molar-refractivity contribution is -0.0633. The number of aliphatic hydroxyl groups is 4. The first-order valence-corrected chi connectivity index (χ1v) is 4.84. The number of rotatable bonds is 2. The zero-order valence-corrected chi connectivity index (χ0v) is 8.46. The molecule has 1 aliphatic rings. The second-order valence-corrected chi connectivity index (χ2v) is 4.15. The van der Waals surface area contributed by atoms with Gasteiger partial charge in [0.05, 0.1) is 18.8 Å². The predicted molar refractivity (Wildman–Crippen MR) is 51.5 cm³/mol. The maximum absolute atomic E-state index is 9.72. The van der Waals surface area contributed by atoms with E-state index in [9.17, 15) is 15.3 Å². The molecule has 0 bridgehead atoms. The summed E-state index contributed by atoms with van der Waals surface area (Å²) in [7, 11) is 0. The molecule has 0 radical (unpaired) electrons. The van der Waals surface area contributed by atoms with Gasteiger partial charge in [-0.25, -0.2) is 0 Å². The molecule has 0 saturated heterocycles. The van der Waals surface area contributed by atoms with Crippen molar-refractivity contribution in [1.82, 2.24) is 0 Å². The molecule has 0 spiro atoms. The van der Waals surface area contributed by atoms with Crippen molar-refractivity contribution in [2.24, 2.45) is 11.8 Å². The molecule has 4 heteroatoms. The SMILES string of the molecule is CC(C)[C@@H]1[C@@H](O)[C@H](O)C(CO)=C[C@@H]1O. The zero-order chi connectivity index (χ0) is 10.9. The minimum absolute atomic E-state index is 0.0751. The second kappa shape index (κ2) is 4.40. The first kappa shape index (κ1) is 11.7. The van der Waals surface area contributed by atoms with Crippen LogP contribution in [0.15, 0.2) is 11.6 Å². The minimum Gasteiger partial charge on any atom is -0.392 e. The summed E-state index contributed by atoms with van der Waals surface area (Å²) in [5, 5.41) is 37.8. The topological polar surface area (TPSA) is 80.9 Å². The minimum atomic E-state index is -1.06. The van der Waals surface area contributed by atoms with Crippen molar-refractivity contribution in [1.29, 1.82) is 0 Å². The van der Waals surface area contributed by atoms with Crippen LogP contribution in [0.1, 0.15) is 13.8 Å². The fourth-order valence-corrected chi connectivity index (χ4v) is 2.00. The molecule has 0 aliphatic heterocycles. The van der Waals surface area contributed by atoms with Gasteiger partial charge in [0.25, 0.3) is 0 Å². The quantitative estimate of drug-likeness (QED) is 0.445. The first-order valence-electron chi connectivity index (χ1n) is 4.84. The van der Waals surface area contributed by atoms with E-state index in [1.165, 1.54) is 6.08 Å². The molecule has 1 rings (SSSR count). The summed E-state index contributed by atoms with van der Waals surface area (Å²) in [6, 6.07) is 0. The Hall–Kier alpha value is -0.420. The summed E-state index contributed by atoms with van der Waals surface area (Å²) < 4.78 is 0. The second-order valence-electron chi connectivity index (χ2n) is 4.15. The molecule has 0 heterocycles. The largest absolute Gasteiger partial charge is 0.392 e. The molecule has 82 valence electrons. The van der Waals surface area contributed by atoms with Gasteiger partial charge in [-0.2, -0.15) is 0 Å². The third-order valence-corrected chi connectivity index (χ3v) is 2.83. The highest BCUT2D eigenvalue weighted by atomic mass is 16.3. The van der Waals surface area contributed by atoms with E-state index >= 15 is 0 Å². The van der Waals surface area contributed by atoms with Crippen molar-refractivity contribution in [3.63, 3.8) is 0 Å².